The second-order valence-electron chi connectivity index (χ2n) is 3.63. The predicted octanol–water partition coefficient (Wildman–Crippen LogP) is 0.517. The molecule has 2 rings (SSSR count). The number of aromatic nitrogens is 1. The Kier molecular flexibility index (Phi) is 3.14. The lowest BCUT2D eigenvalue weighted by Gasteiger charge is -2.04. The zero-order valence-corrected chi connectivity index (χ0v) is 8.68. The van der Waals surface area contributed by atoms with Crippen LogP contribution in [-0.2, 0) is 9.53 Å². The fourth-order valence-corrected chi connectivity index (χ4v) is 1.19. The van der Waals surface area contributed by atoms with Crippen LogP contribution < -0.4 is 5.32 Å². The van der Waals surface area contributed by atoms with E-state index in [2.05, 4.69) is 10.3 Å². The van der Waals surface area contributed by atoms with Crippen molar-refractivity contribution in [3.63, 3.8) is 0 Å². The van der Waals surface area contributed by atoms with Gasteiger partial charge in [-0.25, -0.2) is 9.78 Å². The van der Waals surface area contributed by atoms with Crippen molar-refractivity contribution in [3.8, 4) is 0 Å². The van der Waals surface area contributed by atoms with E-state index in [1.54, 1.807) is 18.2 Å². The van der Waals surface area contributed by atoms with Gasteiger partial charge in [0.25, 0.3) is 5.91 Å². The standard InChI is InChI=1S/C11H12N2O3/c14-10(13-8-4-5-8)7-16-11(15)9-3-1-2-6-12-9/h1-3,6,8H,4-5,7H2,(H,13,14). The van der Waals surface area contributed by atoms with Crippen molar-refractivity contribution in [1.82, 2.24) is 10.3 Å². The molecule has 1 aromatic heterocycles. The van der Waals surface area contributed by atoms with Gasteiger partial charge in [0.15, 0.2) is 6.61 Å². The van der Waals surface area contributed by atoms with Crippen LogP contribution in [0.1, 0.15) is 23.3 Å². The van der Waals surface area contributed by atoms with Crippen LogP contribution in [0.2, 0.25) is 0 Å². The average molecular weight is 220 g/mol. The summed E-state index contributed by atoms with van der Waals surface area (Å²) in [6.45, 7) is -0.244. The third-order valence-electron chi connectivity index (χ3n) is 2.15. The van der Waals surface area contributed by atoms with Crippen LogP contribution in [0.25, 0.3) is 0 Å². The zero-order valence-electron chi connectivity index (χ0n) is 8.68. The predicted molar refractivity (Wildman–Crippen MR) is 55.7 cm³/mol. The summed E-state index contributed by atoms with van der Waals surface area (Å²) in [5.74, 6) is -0.835. The Morgan fingerprint density at radius 3 is 2.88 bits per heavy atom. The largest absolute Gasteiger partial charge is 0.451 e. The third kappa shape index (κ3) is 3.05. The van der Waals surface area contributed by atoms with Crippen LogP contribution >= 0.6 is 0 Å². The Balaban J connectivity index is 1.77. The Bertz CT molecular complexity index is 387. The SMILES string of the molecule is O=C(COC(=O)c1ccccn1)NC1CC1. The normalized spacial score (nSPS) is 14.2. The molecule has 0 saturated heterocycles. The summed E-state index contributed by atoms with van der Waals surface area (Å²) in [7, 11) is 0. The van der Waals surface area contributed by atoms with Crippen molar-refractivity contribution in [3.05, 3.63) is 30.1 Å². The van der Waals surface area contributed by atoms with Crippen LogP contribution in [0.4, 0.5) is 0 Å². The summed E-state index contributed by atoms with van der Waals surface area (Å²) in [4.78, 5) is 26.4. The van der Waals surface area contributed by atoms with Crippen molar-refractivity contribution >= 4 is 11.9 Å². The van der Waals surface area contributed by atoms with Gasteiger partial charge in [-0.2, -0.15) is 0 Å². The van der Waals surface area contributed by atoms with Gasteiger partial charge in [0, 0.05) is 12.2 Å². The fourth-order valence-electron chi connectivity index (χ4n) is 1.19. The Hall–Kier alpha value is -1.91. The molecule has 1 fully saturated rings. The molecule has 1 aromatic rings. The van der Waals surface area contributed by atoms with E-state index >= 15 is 0 Å². The first kappa shape index (κ1) is 10.6. The molecule has 0 aliphatic heterocycles. The number of pyridine rings is 1. The van der Waals surface area contributed by atoms with E-state index in [-0.39, 0.29) is 24.2 Å². The molecule has 1 aliphatic rings. The van der Waals surface area contributed by atoms with Crippen LogP contribution in [0.5, 0.6) is 0 Å². The summed E-state index contributed by atoms with van der Waals surface area (Å²) in [5.41, 5.74) is 0.210. The van der Waals surface area contributed by atoms with Gasteiger partial charge in [-0.1, -0.05) is 6.07 Å². The van der Waals surface area contributed by atoms with Crippen molar-refractivity contribution in [2.24, 2.45) is 0 Å². The van der Waals surface area contributed by atoms with Crippen LogP contribution in [0.15, 0.2) is 24.4 Å². The molecule has 0 bridgehead atoms. The molecule has 5 heteroatoms. The van der Waals surface area contributed by atoms with E-state index in [1.165, 1.54) is 6.20 Å². The monoisotopic (exact) mass is 220 g/mol. The fraction of sp³-hybridized carbons (Fsp3) is 0.364. The molecule has 0 spiro atoms. The molecular weight excluding hydrogens is 208 g/mol. The molecule has 1 aliphatic carbocycles. The highest BCUT2D eigenvalue weighted by atomic mass is 16.5. The first-order valence-electron chi connectivity index (χ1n) is 5.13. The molecule has 1 amide bonds. The molecule has 0 atom stereocenters. The van der Waals surface area contributed by atoms with E-state index < -0.39 is 5.97 Å². The molecule has 1 saturated carbocycles. The number of nitrogens with zero attached hydrogens (tertiary/aromatic N) is 1. The molecule has 5 nitrogen and oxygen atoms in total. The maximum absolute atomic E-state index is 11.4. The number of nitrogens with one attached hydrogen (secondary N) is 1. The number of ether oxygens (including phenoxy) is 1. The maximum atomic E-state index is 11.4. The highest BCUT2D eigenvalue weighted by Gasteiger charge is 2.23. The van der Waals surface area contributed by atoms with Gasteiger partial charge in [-0.15, -0.1) is 0 Å². The lowest BCUT2D eigenvalue weighted by molar-refractivity contribution is -0.124. The zero-order chi connectivity index (χ0) is 11.4. The number of rotatable bonds is 4. The van der Waals surface area contributed by atoms with E-state index in [9.17, 15) is 9.59 Å². The number of hydrogen-bond acceptors (Lipinski definition) is 4. The first-order chi connectivity index (χ1) is 7.75. The molecular formula is C11H12N2O3. The van der Waals surface area contributed by atoms with Crippen molar-refractivity contribution < 1.29 is 14.3 Å². The average Bonchev–Trinajstić information content (AvgIpc) is 3.11. The van der Waals surface area contributed by atoms with E-state index in [0.717, 1.165) is 12.8 Å². The van der Waals surface area contributed by atoms with Gasteiger partial charge >= 0.3 is 5.97 Å². The molecule has 0 aromatic carbocycles. The van der Waals surface area contributed by atoms with Crippen LogP contribution in [0, 0.1) is 0 Å². The van der Waals surface area contributed by atoms with E-state index in [0.29, 0.717) is 0 Å². The van der Waals surface area contributed by atoms with Gasteiger partial charge in [0.05, 0.1) is 0 Å². The number of carbonyl (C=O) groups is 2. The second kappa shape index (κ2) is 4.74. The lowest BCUT2D eigenvalue weighted by Crippen LogP contribution is -2.30. The molecule has 0 radical (unpaired) electrons. The van der Waals surface area contributed by atoms with Crippen molar-refractivity contribution in [2.45, 2.75) is 18.9 Å². The molecule has 1 N–H and O–H groups in total. The Morgan fingerprint density at radius 2 is 2.25 bits per heavy atom. The minimum Gasteiger partial charge on any atom is -0.451 e. The first-order valence-corrected chi connectivity index (χ1v) is 5.13. The van der Waals surface area contributed by atoms with Gasteiger partial charge < -0.3 is 10.1 Å². The number of carbonyl (C=O) groups excluding carboxylic acids is 2. The summed E-state index contributed by atoms with van der Waals surface area (Å²) in [6.07, 6.45) is 3.53. The van der Waals surface area contributed by atoms with Crippen molar-refractivity contribution in [1.29, 1.82) is 0 Å². The summed E-state index contributed by atoms with van der Waals surface area (Å²) in [6, 6.07) is 5.21. The van der Waals surface area contributed by atoms with Crippen LogP contribution in [-0.4, -0.2) is 29.5 Å². The number of amides is 1. The minimum absolute atomic E-state index is 0.210. The Morgan fingerprint density at radius 1 is 1.44 bits per heavy atom. The molecule has 1 heterocycles. The molecule has 0 unspecified atom stereocenters. The minimum atomic E-state index is -0.577. The van der Waals surface area contributed by atoms with Gasteiger partial charge in [-0.05, 0) is 25.0 Å². The lowest BCUT2D eigenvalue weighted by atomic mass is 10.3. The van der Waals surface area contributed by atoms with Crippen molar-refractivity contribution in [2.75, 3.05) is 6.61 Å². The Labute approximate surface area is 92.8 Å². The van der Waals surface area contributed by atoms with E-state index in [1.807, 2.05) is 0 Å². The summed E-state index contributed by atoms with van der Waals surface area (Å²) >= 11 is 0. The molecule has 84 valence electrons. The van der Waals surface area contributed by atoms with Crippen LogP contribution in [0.3, 0.4) is 0 Å². The van der Waals surface area contributed by atoms with Gasteiger partial charge in [0.2, 0.25) is 0 Å². The highest BCUT2D eigenvalue weighted by molar-refractivity contribution is 5.89. The summed E-state index contributed by atoms with van der Waals surface area (Å²) in [5, 5.41) is 2.72. The topological polar surface area (TPSA) is 68.3 Å². The smallest absolute Gasteiger partial charge is 0.357 e. The number of esters is 1. The summed E-state index contributed by atoms with van der Waals surface area (Å²) < 4.78 is 4.81. The second-order valence-corrected chi connectivity index (χ2v) is 3.63. The van der Waals surface area contributed by atoms with Gasteiger partial charge in [0.1, 0.15) is 5.69 Å². The molecule has 16 heavy (non-hydrogen) atoms. The van der Waals surface area contributed by atoms with Gasteiger partial charge in [-0.3, -0.25) is 4.79 Å². The quantitative estimate of drug-likeness (QED) is 0.751. The highest BCUT2D eigenvalue weighted by Crippen LogP contribution is 2.18. The number of hydrogen-bond donors (Lipinski definition) is 1. The maximum Gasteiger partial charge on any atom is 0.357 e. The third-order valence-corrected chi connectivity index (χ3v) is 2.15. The van der Waals surface area contributed by atoms with E-state index in [4.69, 9.17) is 4.74 Å².